The molecule has 0 spiro atoms. The van der Waals surface area contributed by atoms with E-state index in [1.165, 1.54) is 0 Å². The van der Waals surface area contributed by atoms with Gasteiger partial charge in [-0.1, -0.05) is 0 Å². The summed E-state index contributed by atoms with van der Waals surface area (Å²) in [5.74, 6) is 0.0520. The fraction of sp³-hybridized carbons (Fsp3) is 0.111. The SMILES string of the molecule is Cc1cn2cccc(C(=N)N)c2n1. The first-order chi connectivity index (χ1) is 6.18. The van der Waals surface area contributed by atoms with Crippen molar-refractivity contribution in [1.29, 1.82) is 5.41 Å². The third-order valence-corrected chi connectivity index (χ3v) is 1.89. The first-order valence-corrected chi connectivity index (χ1v) is 3.97. The number of fused-ring (bicyclic) bond motifs is 1. The van der Waals surface area contributed by atoms with Crippen LogP contribution in [-0.4, -0.2) is 15.2 Å². The van der Waals surface area contributed by atoms with Crippen molar-refractivity contribution in [2.24, 2.45) is 5.73 Å². The quantitative estimate of drug-likeness (QED) is 0.498. The number of aryl methyl sites for hydroxylation is 1. The number of nitrogen functional groups attached to an aromatic ring is 1. The highest BCUT2D eigenvalue weighted by Crippen LogP contribution is 2.09. The molecule has 66 valence electrons. The average molecular weight is 174 g/mol. The third-order valence-electron chi connectivity index (χ3n) is 1.89. The molecule has 2 aromatic heterocycles. The molecule has 0 aromatic carbocycles. The summed E-state index contributed by atoms with van der Waals surface area (Å²) in [5, 5.41) is 7.35. The zero-order valence-electron chi connectivity index (χ0n) is 7.28. The molecule has 0 bridgehead atoms. The minimum atomic E-state index is 0.0520. The molecule has 4 nitrogen and oxygen atoms in total. The number of nitrogens with zero attached hydrogens (tertiary/aromatic N) is 2. The zero-order chi connectivity index (χ0) is 9.42. The smallest absolute Gasteiger partial charge is 0.148 e. The summed E-state index contributed by atoms with van der Waals surface area (Å²) in [7, 11) is 0. The molecule has 0 atom stereocenters. The van der Waals surface area contributed by atoms with E-state index in [-0.39, 0.29) is 5.84 Å². The fourth-order valence-corrected chi connectivity index (χ4v) is 1.35. The van der Waals surface area contributed by atoms with Crippen molar-refractivity contribution in [1.82, 2.24) is 9.38 Å². The Morgan fingerprint density at radius 1 is 1.62 bits per heavy atom. The first-order valence-electron chi connectivity index (χ1n) is 3.97. The van der Waals surface area contributed by atoms with Crippen LogP contribution < -0.4 is 5.73 Å². The molecule has 0 unspecified atom stereocenters. The van der Waals surface area contributed by atoms with Crippen LogP contribution in [0.3, 0.4) is 0 Å². The molecule has 2 rings (SSSR count). The van der Waals surface area contributed by atoms with E-state index in [0.29, 0.717) is 5.56 Å². The van der Waals surface area contributed by atoms with E-state index in [1.54, 1.807) is 6.07 Å². The molecule has 0 aliphatic carbocycles. The molecule has 0 aliphatic heterocycles. The predicted octanol–water partition coefficient (Wildman–Crippen LogP) is 0.927. The van der Waals surface area contributed by atoms with Gasteiger partial charge >= 0.3 is 0 Å². The molecule has 0 amide bonds. The second kappa shape index (κ2) is 2.58. The summed E-state index contributed by atoms with van der Waals surface area (Å²) < 4.78 is 1.87. The number of hydrogen-bond donors (Lipinski definition) is 2. The maximum absolute atomic E-state index is 7.35. The standard InChI is InChI=1S/C9H10N4/c1-6-5-13-4-2-3-7(8(10)11)9(13)12-6/h2-5H,1H3,(H3,10,11). The van der Waals surface area contributed by atoms with Crippen molar-refractivity contribution < 1.29 is 0 Å². The summed E-state index contributed by atoms with van der Waals surface area (Å²) in [4.78, 5) is 4.28. The topological polar surface area (TPSA) is 67.2 Å². The van der Waals surface area contributed by atoms with Crippen molar-refractivity contribution in [3.05, 3.63) is 35.8 Å². The third kappa shape index (κ3) is 1.16. The van der Waals surface area contributed by atoms with Gasteiger partial charge in [-0.2, -0.15) is 0 Å². The van der Waals surface area contributed by atoms with E-state index in [0.717, 1.165) is 11.3 Å². The van der Waals surface area contributed by atoms with E-state index in [2.05, 4.69) is 4.98 Å². The molecule has 0 aliphatic rings. The zero-order valence-corrected chi connectivity index (χ0v) is 7.28. The lowest BCUT2D eigenvalue weighted by molar-refractivity contribution is 1.18. The minimum absolute atomic E-state index is 0.0520. The van der Waals surface area contributed by atoms with Gasteiger partial charge in [0.15, 0.2) is 0 Å². The minimum Gasteiger partial charge on any atom is -0.384 e. The van der Waals surface area contributed by atoms with Crippen LogP contribution in [0, 0.1) is 12.3 Å². The molecule has 0 radical (unpaired) electrons. The van der Waals surface area contributed by atoms with E-state index in [9.17, 15) is 0 Å². The molecule has 0 saturated carbocycles. The molecule has 4 heteroatoms. The number of nitrogens with one attached hydrogen (secondary N) is 1. The maximum atomic E-state index is 7.35. The van der Waals surface area contributed by atoms with Crippen molar-refractivity contribution in [3.8, 4) is 0 Å². The van der Waals surface area contributed by atoms with Gasteiger partial charge < -0.3 is 10.1 Å². The maximum Gasteiger partial charge on any atom is 0.148 e. The van der Waals surface area contributed by atoms with E-state index in [1.807, 2.05) is 29.8 Å². The molecular formula is C9H10N4. The van der Waals surface area contributed by atoms with Gasteiger partial charge in [0.05, 0.1) is 11.3 Å². The Kier molecular flexibility index (Phi) is 1.55. The van der Waals surface area contributed by atoms with Gasteiger partial charge in [-0.3, -0.25) is 5.41 Å². The number of imidazole rings is 1. The molecule has 3 N–H and O–H groups in total. The summed E-state index contributed by atoms with van der Waals surface area (Å²) in [5.41, 5.74) is 7.76. The Morgan fingerprint density at radius 3 is 3.08 bits per heavy atom. The summed E-state index contributed by atoms with van der Waals surface area (Å²) in [6.45, 7) is 1.91. The van der Waals surface area contributed by atoms with Crippen LogP contribution in [0.1, 0.15) is 11.3 Å². The second-order valence-corrected chi connectivity index (χ2v) is 2.95. The molecule has 13 heavy (non-hydrogen) atoms. The monoisotopic (exact) mass is 174 g/mol. The van der Waals surface area contributed by atoms with Gasteiger partial charge in [-0.15, -0.1) is 0 Å². The van der Waals surface area contributed by atoms with Gasteiger partial charge in [0.25, 0.3) is 0 Å². The molecular weight excluding hydrogens is 164 g/mol. The number of rotatable bonds is 1. The Labute approximate surface area is 75.5 Å². The van der Waals surface area contributed by atoms with Crippen LogP contribution in [0.15, 0.2) is 24.5 Å². The van der Waals surface area contributed by atoms with Crippen LogP contribution in [0.4, 0.5) is 0 Å². The van der Waals surface area contributed by atoms with Crippen molar-refractivity contribution >= 4 is 11.5 Å². The second-order valence-electron chi connectivity index (χ2n) is 2.95. The van der Waals surface area contributed by atoms with Gasteiger partial charge in [-0.25, -0.2) is 4.98 Å². The van der Waals surface area contributed by atoms with E-state index >= 15 is 0 Å². The highest BCUT2D eigenvalue weighted by atomic mass is 15.0. The van der Waals surface area contributed by atoms with E-state index < -0.39 is 0 Å². The van der Waals surface area contributed by atoms with Crippen LogP contribution in [0.2, 0.25) is 0 Å². The molecule has 2 aromatic rings. The molecule has 0 fully saturated rings. The summed E-state index contributed by atoms with van der Waals surface area (Å²) in [6.07, 6.45) is 3.80. The van der Waals surface area contributed by atoms with Gasteiger partial charge in [0, 0.05) is 12.4 Å². The first kappa shape index (κ1) is 7.79. The lowest BCUT2D eigenvalue weighted by Gasteiger charge is -1.99. The average Bonchev–Trinajstić information content (AvgIpc) is 2.43. The van der Waals surface area contributed by atoms with Crippen molar-refractivity contribution in [2.45, 2.75) is 6.92 Å². The summed E-state index contributed by atoms with van der Waals surface area (Å²) >= 11 is 0. The normalized spacial score (nSPS) is 10.5. The van der Waals surface area contributed by atoms with Crippen LogP contribution >= 0.6 is 0 Å². The van der Waals surface area contributed by atoms with E-state index in [4.69, 9.17) is 11.1 Å². The van der Waals surface area contributed by atoms with Crippen molar-refractivity contribution in [2.75, 3.05) is 0 Å². The van der Waals surface area contributed by atoms with Crippen LogP contribution in [0.25, 0.3) is 5.65 Å². The number of amidine groups is 1. The number of pyridine rings is 1. The highest BCUT2D eigenvalue weighted by molar-refractivity contribution is 6.00. The summed E-state index contributed by atoms with van der Waals surface area (Å²) in [6, 6.07) is 3.65. The number of nitrogens with two attached hydrogens (primary N) is 1. The largest absolute Gasteiger partial charge is 0.384 e. The number of aromatic nitrogens is 2. The fourth-order valence-electron chi connectivity index (χ4n) is 1.35. The molecule has 0 saturated heterocycles. The van der Waals surface area contributed by atoms with Gasteiger partial charge in [-0.05, 0) is 19.1 Å². The Morgan fingerprint density at radius 2 is 2.38 bits per heavy atom. The Hall–Kier alpha value is -1.84. The lowest BCUT2D eigenvalue weighted by Crippen LogP contribution is -2.12. The Bertz CT molecular complexity index is 469. The lowest BCUT2D eigenvalue weighted by atomic mass is 10.2. The number of hydrogen-bond acceptors (Lipinski definition) is 2. The van der Waals surface area contributed by atoms with Crippen molar-refractivity contribution in [3.63, 3.8) is 0 Å². The Balaban J connectivity index is 2.82. The van der Waals surface area contributed by atoms with Gasteiger partial charge in [0.1, 0.15) is 11.5 Å². The van der Waals surface area contributed by atoms with Gasteiger partial charge in [0.2, 0.25) is 0 Å². The van der Waals surface area contributed by atoms with Crippen LogP contribution in [-0.2, 0) is 0 Å². The highest BCUT2D eigenvalue weighted by Gasteiger charge is 2.05. The predicted molar refractivity (Wildman–Crippen MR) is 50.9 cm³/mol. The molecule has 2 heterocycles. The van der Waals surface area contributed by atoms with Crippen LogP contribution in [0.5, 0.6) is 0 Å².